The molecular formula is C11H18N2O. The third-order valence-electron chi connectivity index (χ3n) is 2.72. The van der Waals surface area contributed by atoms with Crippen LogP contribution in [0.25, 0.3) is 0 Å². The molecule has 2 unspecified atom stereocenters. The van der Waals surface area contributed by atoms with Crippen LogP contribution in [0.4, 0.5) is 0 Å². The highest BCUT2D eigenvalue weighted by atomic mass is 16.2. The van der Waals surface area contributed by atoms with Crippen LogP contribution in [0.3, 0.4) is 0 Å². The third kappa shape index (κ3) is 2.49. The monoisotopic (exact) mass is 194 g/mol. The van der Waals surface area contributed by atoms with E-state index in [1.54, 1.807) is 4.90 Å². The number of nitrogens with one attached hydrogen (secondary N) is 1. The number of amides is 1. The molecule has 1 heterocycles. The minimum Gasteiger partial charge on any atom is -0.344 e. The lowest BCUT2D eigenvalue weighted by molar-refractivity contribution is -0.128. The highest BCUT2D eigenvalue weighted by Crippen LogP contribution is 2.10. The normalized spacial score (nSPS) is 23.6. The minimum absolute atomic E-state index is 0.0155. The van der Waals surface area contributed by atoms with Crippen molar-refractivity contribution < 1.29 is 4.79 Å². The molecule has 0 bridgehead atoms. The number of likely N-dealkylation sites (N-methyl/N-ethyl adjacent to an activating group) is 1. The molecule has 1 fully saturated rings. The van der Waals surface area contributed by atoms with Crippen LogP contribution in [-0.4, -0.2) is 36.5 Å². The first kappa shape index (κ1) is 11.1. The van der Waals surface area contributed by atoms with Crippen molar-refractivity contribution >= 4 is 5.91 Å². The van der Waals surface area contributed by atoms with Crippen LogP contribution in [0.1, 0.15) is 26.2 Å². The van der Waals surface area contributed by atoms with Crippen LogP contribution >= 0.6 is 0 Å². The van der Waals surface area contributed by atoms with Gasteiger partial charge in [0.25, 0.3) is 0 Å². The molecule has 1 amide bonds. The van der Waals surface area contributed by atoms with Crippen LogP contribution in [-0.2, 0) is 4.79 Å². The summed E-state index contributed by atoms with van der Waals surface area (Å²) >= 11 is 0. The predicted octanol–water partition coefficient (Wildman–Crippen LogP) is 0.609. The molecule has 0 aromatic heterocycles. The van der Waals surface area contributed by atoms with E-state index in [9.17, 15) is 4.79 Å². The van der Waals surface area contributed by atoms with Gasteiger partial charge in [0.05, 0.1) is 6.04 Å². The molecule has 0 spiro atoms. The number of likely N-dealkylation sites (tertiary alicyclic amines) is 1. The SMILES string of the molecule is C#CCC(CC)NC1CCN(C)C1=O. The van der Waals surface area contributed by atoms with Gasteiger partial charge in [-0.3, -0.25) is 4.79 Å². The maximum Gasteiger partial charge on any atom is 0.239 e. The smallest absolute Gasteiger partial charge is 0.239 e. The lowest BCUT2D eigenvalue weighted by Crippen LogP contribution is -2.42. The van der Waals surface area contributed by atoms with Crippen LogP contribution < -0.4 is 5.32 Å². The summed E-state index contributed by atoms with van der Waals surface area (Å²) in [4.78, 5) is 13.3. The van der Waals surface area contributed by atoms with Gasteiger partial charge < -0.3 is 10.2 Å². The average molecular weight is 194 g/mol. The molecule has 0 radical (unpaired) electrons. The van der Waals surface area contributed by atoms with E-state index in [0.717, 1.165) is 19.4 Å². The Morgan fingerprint density at radius 2 is 2.50 bits per heavy atom. The summed E-state index contributed by atoms with van der Waals surface area (Å²) in [6.45, 7) is 2.93. The highest BCUT2D eigenvalue weighted by molar-refractivity contribution is 5.83. The molecule has 3 nitrogen and oxygen atoms in total. The van der Waals surface area contributed by atoms with Crippen molar-refractivity contribution in [3.8, 4) is 12.3 Å². The summed E-state index contributed by atoms with van der Waals surface area (Å²) in [5, 5.41) is 3.31. The molecule has 1 aliphatic heterocycles. The quantitative estimate of drug-likeness (QED) is 0.665. The van der Waals surface area contributed by atoms with Crippen molar-refractivity contribution in [3.63, 3.8) is 0 Å². The number of nitrogens with zero attached hydrogens (tertiary/aromatic N) is 1. The van der Waals surface area contributed by atoms with Gasteiger partial charge in [-0.1, -0.05) is 6.92 Å². The van der Waals surface area contributed by atoms with Crippen molar-refractivity contribution in [1.29, 1.82) is 0 Å². The third-order valence-corrected chi connectivity index (χ3v) is 2.72. The Morgan fingerprint density at radius 1 is 1.79 bits per heavy atom. The van der Waals surface area contributed by atoms with E-state index < -0.39 is 0 Å². The Morgan fingerprint density at radius 3 is 2.93 bits per heavy atom. The molecule has 0 saturated carbocycles. The largest absolute Gasteiger partial charge is 0.344 e. The molecule has 1 rings (SSSR count). The first-order chi connectivity index (χ1) is 6.69. The number of hydrogen-bond acceptors (Lipinski definition) is 2. The van der Waals surface area contributed by atoms with Gasteiger partial charge in [0.15, 0.2) is 0 Å². The summed E-state index contributed by atoms with van der Waals surface area (Å²) in [7, 11) is 1.84. The van der Waals surface area contributed by atoms with Gasteiger partial charge >= 0.3 is 0 Å². The number of carbonyl (C=O) groups is 1. The van der Waals surface area contributed by atoms with E-state index in [1.807, 2.05) is 7.05 Å². The zero-order valence-electron chi connectivity index (χ0n) is 8.92. The summed E-state index contributed by atoms with van der Waals surface area (Å²) in [5.41, 5.74) is 0. The second-order valence-electron chi connectivity index (χ2n) is 3.78. The second-order valence-corrected chi connectivity index (χ2v) is 3.78. The minimum atomic E-state index is -0.0155. The predicted molar refractivity (Wildman–Crippen MR) is 56.7 cm³/mol. The Bertz CT molecular complexity index is 244. The average Bonchev–Trinajstić information content (AvgIpc) is 2.49. The zero-order chi connectivity index (χ0) is 10.6. The lowest BCUT2D eigenvalue weighted by atomic mass is 10.1. The Balaban J connectivity index is 2.44. The van der Waals surface area contributed by atoms with Crippen LogP contribution in [0.5, 0.6) is 0 Å². The van der Waals surface area contributed by atoms with Crippen molar-refractivity contribution in [2.75, 3.05) is 13.6 Å². The lowest BCUT2D eigenvalue weighted by Gasteiger charge is -2.18. The molecule has 1 saturated heterocycles. The Kier molecular flexibility index (Phi) is 3.97. The molecule has 1 N–H and O–H groups in total. The molecule has 1 aliphatic rings. The fourth-order valence-electron chi connectivity index (χ4n) is 1.72. The molecule has 0 aromatic rings. The summed E-state index contributed by atoms with van der Waals surface area (Å²) in [6.07, 6.45) is 7.82. The van der Waals surface area contributed by atoms with Crippen molar-refractivity contribution in [2.45, 2.75) is 38.3 Å². The first-order valence-electron chi connectivity index (χ1n) is 5.13. The number of rotatable bonds is 4. The van der Waals surface area contributed by atoms with Gasteiger partial charge in [0, 0.05) is 26.1 Å². The fourth-order valence-corrected chi connectivity index (χ4v) is 1.72. The van der Waals surface area contributed by atoms with Crippen LogP contribution in [0.2, 0.25) is 0 Å². The number of hydrogen-bond donors (Lipinski definition) is 1. The standard InChI is InChI=1S/C11H18N2O/c1-4-6-9(5-2)12-10-7-8-13(3)11(10)14/h1,9-10,12H,5-8H2,2-3H3. The molecular weight excluding hydrogens is 176 g/mol. The molecule has 78 valence electrons. The van der Waals surface area contributed by atoms with Gasteiger partial charge in [-0.2, -0.15) is 0 Å². The molecule has 2 atom stereocenters. The van der Waals surface area contributed by atoms with Crippen LogP contribution in [0, 0.1) is 12.3 Å². The van der Waals surface area contributed by atoms with E-state index in [-0.39, 0.29) is 18.0 Å². The summed E-state index contributed by atoms with van der Waals surface area (Å²) in [6, 6.07) is 0.263. The zero-order valence-corrected chi connectivity index (χ0v) is 8.92. The van der Waals surface area contributed by atoms with Gasteiger partial charge in [0.2, 0.25) is 5.91 Å². The first-order valence-corrected chi connectivity index (χ1v) is 5.13. The van der Waals surface area contributed by atoms with Gasteiger partial charge in [-0.05, 0) is 12.8 Å². The summed E-state index contributed by atoms with van der Waals surface area (Å²) < 4.78 is 0. The van der Waals surface area contributed by atoms with E-state index in [2.05, 4.69) is 18.2 Å². The Labute approximate surface area is 85.9 Å². The van der Waals surface area contributed by atoms with E-state index in [4.69, 9.17) is 6.42 Å². The maximum absolute atomic E-state index is 11.6. The van der Waals surface area contributed by atoms with Gasteiger partial charge in [-0.25, -0.2) is 0 Å². The molecule has 0 aromatic carbocycles. The number of terminal acetylenes is 1. The highest BCUT2D eigenvalue weighted by Gasteiger charge is 2.29. The Hall–Kier alpha value is -1.01. The second kappa shape index (κ2) is 5.02. The summed E-state index contributed by atoms with van der Waals surface area (Å²) in [5.74, 6) is 2.83. The molecule has 0 aliphatic carbocycles. The fraction of sp³-hybridized carbons (Fsp3) is 0.727. The number of carbonyl (C=O) groups excluding carboxylic acids is 1. The molecule has 14 heavy (non-hydrogen) atoms. The van der Waals surface area contributed by atoms with Gasteiger partial charge in [0.1, 0.15) is 0 Å². The van der Waals surface area contributed by atoms with E-state index in [1.165, 1.54) is 0 Å². The van der Waals surface area contributed by atoms with E-state index >= 15 is 0 Å². The van der Waals surface area contributed by atoms with E-state index in [0.29, 0.717) is 6.42 Å². The van der Waals surface area contributed by atoms with Gasteiger partial charge in [-0.15, -0.1) is 12.3 Å². The van der Waals surface area contributed by atoms with Crippen molar-refractivity contribution in [3.05, 3.63) is 0 Å². The van der Waals surface area contributed by atoms with Crippen molar-refractivity contribution in [2.24, 2.45) is 0 Å². The van der Waals surface area contributed by atoms with Crippen LogP contribution in [0.15, 0.2) is 0 Å². The molecule has 3 heteroatoms. The maximum atomic E-state index is 11.6. The topological polar surface area (TPSA) is 32.3 Å². The van der Waals surface area contributed by atoms with Crippen molar-refractivity contribution in [1.82, 2.24) is 10.2 Å².